The van der Waals surface area contributed by atoms with Gasteiger partial charge >= 0.3 is 0 Å². The number of aliphatic hydroxyl groups excluding tert-OH is 1. The highest BCUT2D eigenvalue weighted by Gasteiger charge is 2.47. The number of ketones is 1. The zero-order valence-electron chi connectivity index (χ0n) is 13.6. The topological polar surface area (TPSA) is 37.3 Å². The van der Waals surface area contributed by atoms with Crippen LogP contribution in [0.2, 0.25) is 23.7 Å². The molecule has 2 nitrogen and oxygen atoms in total. The van der Waals surface area contributed by atoms with Crippen LogP contribution in [0, 0.1) is 0 Å². The molecule has 20 heavy (non-hydrogen) atoms. The molecule has 0 aliphatic heterocycles. The molecule has 0 bridgehead atoms. The predicted molar refractivity (Wildman–Crippen MR) is 87.8 cm³/mol. The Hall–Kier alpha value is -0.933. The molecule has 0 aliphatic rings. The van der Waals surface area contributed by atoms with Crippen LogP contribution in [0.5, 0.6) is 0 Å². The maximum Gasteiger partial charge on any atom is 0.140 e. The van der Waals surface area contributed by atoms with E-state index in [0.717, 1.165) is 5.56 Å². The summed E-state index contributed by atoms with van der Waals surface area (Å²) in [6.45, 7) is 12.7. The number of rotatable bonds is 5. The molecule has 0 spiro atoms. The van der Waals surface area contributed by atoms with E-state index in [2.05, 4.69) is 33.9 Å². The number of carbonyl (C=O) groups is 1. The third-order valence-corrected chi connectivity index (χ3v) is 11.0. The first-order valence-corrected chi connectivity index (χ1v) is 10.4. The molecule has 0 amide bonds. The van der Waals surface area contributed by atoms with E-state index in [1.165, 1.54) is 0 Å². The Morgan fingerprint density at radius 1 is 1.20 bits per heavy atom. The first-order valence-electron chi connectivity index (χ1n) is 7.32. The molecule has 0 saturated carbocycles. The van der Waals surface area contributed by atoms with Gasteiger partial charge in [0, 0.05) is 12.0 Å². The van der Waals surface area contributed by atoms with E-state index in [4.69, 9.17) is 0 Å². The van der Waals surface area contributed by atoms with Gasteiger partial charge < -0.3 is 5.11 Å². The summed E-state index contributed by atoms with van der Waals surface area (Å²) in [6.07, 6.45) is -0.157. The van der Waals surface area contributed by atoms with Gasteiger partial charge in [-0.2, -0.15) is 0 Å². The zero-order valence-corrected chi connectivity index (χ0v) is 14.6. The normalized spacial score (nSPS) is 15.8. The Bertz CT molecular complexity index is 444. The SMILES string of the molecule is C[C@H](O)[C@H](C(=O)Cc1ccccc1)[Si](C)(C)C(C)(C)C. The summed E-state index contributed by atoms with van der Waals surface area (Å²) in [4.78, 5) is 12.7. The minimum Gasteiger partial charge on any atom is -0.393 e. The van der Waals surface area contributed by atoms with Crippen LogP contribution in [0.25, 0.3) is 0 Å². The molecule has 1 aromatic rings. The molecular weight excluding hydrogens is 264 g/mol. The standard InChI is InChI=1S/C17H28O2Si/c1-13(18)16(20(5,6)17(2,3)4)15(19)12-14-10-8-7-9-11-14/h7-11,13,16,18H,12H2,1-6H3/t13-,16+/m0/s1. The molecule has 0 saturated heterocycles. The lowest BCUT2D eigenvalue weighted by atomic mass is 10.0. The Kier molecular flexibility index (Phi) is 5.33. The monoisotopic (exact) mass is 292 g/mol. The van der Waals surface area contributed by atoms with E-state index in [0.29, 0.717) is 6.42 Å². The van der Waals surface area contributed by atoms with E-state index in [9.17, 15) is 9.90 Å². The van der Waals surface area contributed by atoms with E-state index in [1.807, 2.05) is 30.3 Å². The number of Topliss-reactive ketones (excluding diaryl/α,β-unsaturated/α-hetero) is 1. The average Bonchev–Trinajstić information content (AvgIpc) is 2.27. The highest BCUT2D eigenvalue weighted by Crippen LogP contribution is 2.45. The van der Waals surface area contributed by atoms with Crippen molar-refractivity contribution in [2.24, 2.45) is 0 Å². The van der Waals surface area contributed by atoms with E-state index in [-0.39, 0.29) is 16.4 Å². The van der Waals surface area contributed by atoms with Crippen LogP contribution in [-0.4, -0.2) is 25.1 Å². The highest BCUT2D eigenvalue weighted by molar-refractivity contribution is 6.84. The van der Waals surface area contributed by atoms with Crippen molar-refractivity contribution in [1.82, 2.24) is 0 Å². The first-order chi connectivity index (χ1) is 9.07. The molecule has 1 rings (SSSR count). The molecule has 2 atom stereocenters. The smallest absolute Gasteiger partial charge is 0.140 e. The van der Waals surface area contributed by atoms with Crippen molar-refractivity contribution in [2.45, 2.75) is 63.9 Å². The highest BCUT2D eigenvalue weighted by atomic mass is 28.3. The summed E-state index contributed by atoms with van der Waals surface area (Å²) in [5, 5.41) is 10.3. The second-order valence-electron chi connectivity index (χ2n) is 7.32. The number of hydrogen-bond donors (Lipinski definition) is 1. The van der Waals surface area contributed by atoms with Crippen LogP contribution in [-0.2, 0) is 11.2 Å². The van der Waals surface area contributed by atoms with Gasteiger partial charge in [-0.3, -0.25) is 4.79 Å². The fourth-order valence-corrected chi connectivity index (χ4v) is 5.69. The quantitative estimate of drug-likeness (QED) is 0.831. The van der Waals surface area contributed by atoms with Gasteiger partial charge in [-0.1, -0.05) is 64.2 Å². The third kappa shape index (κ3) is 3.80. The second kappa shape index (κ2) is 6.23. The van der Waals surface area contributed by atoms with Gasteiger partial charge in [-0.05, 0) is 17.5 Å². The van der Waals surface area contributed by atoms with Gasteiger partial charge in [-0.25, -0.2) is 0 Å². The van der Waals surface area contributed by atoms with Crippen LogP contribution in [0.1, 0.15) is 33.3 Å². The Morgan fingerprint density at radius 3 is 2.10 bits per heavy atom. The number of aliphatic hydroxyl groups is 1. The van der Waals surface area contributed by atoms with E-state index in [1.54, 1.807) is 6.92 Å². The first kappa shape index (κ1) is 17.1. The molecule has 1 aromatic carbocycles. The van der Waals surface area contributed by atoms with Crippen molar-refractivity contribution in [3.05, 3.63) is 35.9 Å². The lowest BCUT2D eigenvalue weighted by molar-refractivity contribution is -0.120. The van der Waals surface area contributed by atoms with Crippen molar-refractivity contribution in [3.63, 3.8) is 0 Å². The van der Waals surface area contributed by atoms with Crippen LogP contribution >= 0.6 is 0 Å². The molecular formula is C17H28O2Si. The van der Waals surface area contributed by atoms with Crippen molar-refractivity contribution < 1.29 is 9.90 Å². The minimum absolute atomic E-state index is 0.0843. The average molecular weight is 292 g/mol. The number of hydrogen-bond acceptors (Lipinski definition) is 2. The van der Waals surface area contributed by atoms with Gasteiger partial charge in [-0.15, -0.1) is 0 Å². The Morgan fingerprint density at radius 2 is 1.70 bits per heavy atom. The van der Waals surface area contributed by atoms with E-state index < -0.39 is 14.2 Å². The predicted octanol–water partition coefficient (Wildman–Crippen LogP) is 4.06. The fraction of sp³-hybridized carbons (Fsp3) is 0.588. The summed E-state index contributed by atoms with van der Waals surface area (Å²) < 4.78 is 0. The third-order valence-electron chi connectivity index (χ3n) is 4.76. The largest absolute Gasteiger partial charge is 0.393 e. The molecule has 0 unspecified atom stereocenters. The molecule has 3 heteroatoms. The Labute approximate surface area is 124 Å². The fourth-order valence-electron chi connectivity index (χ4n) is 2.65. The van der Waals surface area contributed by atoms with Gasteiger partial charge in [0.15, 0.2) is 0 Å². The van der Waals surface area contributed by atoms with Crippen LogP contribution in [0.15, 0.2) is 30.3 Å². The molecule has 0 aromatic heterocycles. The van der Waals surface area contributed by atoms with Crippen LogP contribution < -0.4 is 0 Å². The zero-order chi connectivity index (χ0) is 15.6. The minimum atomic E-state index is -1.91. The summed E-state index contributed by atoms with van der Waals surface area (Å²) in [5.74, 6) is 0.179. The molecule has 0 fully saturated rings. The number of benzene rings is 1. The van der Waals surface area contributed by atoms with Crippen LogP contribution in [0.3, 0.4) is 0 Å². The molecule has 1 N–H and O–H groups in total. The molecule has 0 radical (unpaired) electrons. The Balaban J connectivity index is 3.01. The van der Waals surface area contributed by atoms with Gasteiger partial charge in [0.05, 0.1) is 14.2 Å². The van der Waals surface area contributed by atoms with Gasteiger partial charge in [0.2, 0.25) is 0 Å². The summed E-state index contributed by atoms with van der Waals surface area (Å²) in [7, 11) is -1.91. The molecule has 0 aliphatic carbocycles. The van der Waals surface area contributed by atoms with Gasteiger partial charge in [0.1, 0.15) is 5.78 Å². The number of carbonyl (C=O) groups excluding carboxylic acids is 1. The van der Waals surface area contributed by atoms with Crippen molar-refractivity contribution in [2.75, 3.05) is 0 Å². The van der Waals surface area contributed by atoms with Crippen molar-refractivity contribution in [3.8, 4) is 0 Å². The maximum absolute atomic E-state index is 12.7. The summed E-state index contributed by atoms with van der Waals surface area (Å²) >= 11 is 0. The summed E-state index contributed by atoms with van der Waals surface area (Å²) in [6, 6.07) is 9.80. The molecule has 0 heterocycles. The van der Waals surface area contributed by atoms with Crippen LogP contribution in [0.4, 0.5) is 0 Å². The lowest BCUT2D eigenvalue weighted by Crippen LogP contribution is -2.49. The molecule has 112 valence electrons. The van der Waals surface area contributed by atoms with Crippen molar-refractivity contribution in [1.29, 1.82) is 0 Å². The van der Waals surface area contributed by atoms with Crippen molar-refractivity contribution >= 4 is 13.9 Å². The van der Waals surface area contributed by atoms with Gasteiger partial charge in [0.25, 0.3) is 0 Å². The maximum atomic E-state index is 12.7. The second-order valence-corrected chi connectivity index (χ2v) is 12.9. The van der Waals surface area contributed by atoms with E-state index >= 15 is 0 Å². The summed E-state index contributed by atoms with van der Waals surface area (Å²) in [5.41, 5.74) is 0.810. The lowest BCUT2D eigenvalue weighted by Gasteiger charge is -2.43.